The molecule has 1 heterocycles. The van der Waals surface area contributed by atoms with Crippen LogP contribution in [0.2, 0.25) is 0 Å². The summed E-state index contributed by atoms with van der Waals surface area (Å²) in [6, 6.07) is 0. The molecule has 3 atom stereocenters. The number of likely N-dealkylation sites (tertiary alicyclic amines) is 1. The molecule has 0 aromatic rings. The molecule has 2 rings (SSSR count). The lowest BCUT2D eigenvalue weighted by atomic mass is 9.92. The minimum atomic E-state index is 0.189. The van der Waals surface area contributed by atoms with E-state index in [1.54, 1.807) is 0 Å². The van der Waals surface area contributed by atoms with E-state index in [1.807, 2.05) is 11.8 Å². The van der Waals surface area contributed by atoms with Crippen LogP contribution in [0.4, 0.5) is 0 Å². The highest BCUT2D eigenvalue weighted by molar-refractivity contribution is 5.89. The van der Waals surface area contributed by atoms with Crippen LogP contribution in [0.5, 0.6) is 0 Å². The van der Waals surface area contributed by atoms with Gasteiger partial charge in [0.15, 0.2) is 0 Å². The minimum Gasteiger partial charge on any atom is -0.411 e. The number of carbonyl (C=O) groups excluding carboxylic acids is 1. The van der Waals surface area contributed by atoms with Gasteiger partial charge in [0.25, 0.3) is 0 Å². The zero-order valence-electron chi connectivity index (χ0n) is 10.7. The second-order valence-corrected chi connectivity index (χ2v) is 5.54. The van der Waals surface area contributed by atoms with Crippen molar-refractivity contribution >= 4 is 11.6 Å². The maximum absolute atomic E-state index is 12.4. The van der Waals surface area contributed by atoms with Gasteiger partial charge in [-0.2, -0.15) is 0 Å². The second kappa shape index (κ2) is 5.07. The Morgan fingerprint density at radius 3 is 2.71 bits per heavy atom. The van der Waals surface area contributed by atoms with Crippen molar-refractivity contribution in [2.75, 3.05) is 13.1 Å². The van der Waals surface area contributed by atoms with Gasteiger partial charge in [0, 0.05) is 31.3 Å². The maximum atomic E-state index is 12.4. The molecule has 4 nitrogen and oxygen atoms in total. The molecule has 3 unspecified atom stereocenters. The van der Waals surface area contributed by atoms with Crippen molar-refractivity contribution in [3.05, 3.63) is 0 Å². The van der Waals surface area contributed by atoms with Crippen LogP contribution in [-0.2, 0) is 4.79 Å². The molecule has 0 radical (unpaired) electrons. The predicted octanol–water partition coefficient (Wildman–Crippen LogP) is 2.12. The molecule has 2 fully saturated rings. The molecule has 0 spiro atoms. The van der Waals surface area contributed by atoms with Gasteiger partial charge >= 0.3 is 0 Å². The zero-order valence-corrected chi connectivity index (χ0v) is 10.7. The van der Waals surface area contributed by atoms with Crippen molar-refractivity contribution < 1.29 is 10.0 Å². The van der Waals surface area contributed by atoms with Gasteiger partial charge in [-0.3, -0.25) is 4.79 Å². The van der Waals surface area contributed by atoms with E-state index >= 15 is 0 Å². The van der Waals surface area contributed by atoms with Crippen molar-refractivity contribution in [3.63, 3.8) is 0 Å². The van der Waals surface area contributed by atoms with Crippen molar-refractivity contribution in [1.82, 2.24) is 4.90 Å². The Morgan fingerprint density at radius 1 is 1.41 bits per heavy atom. The third kappa shape index (κ3) is 2.45. The van der Waals surface area contributed by atoms with E-state index in [4.69, 9.17) is 5.21 Å². The molecule has 2 aliphatic rings. The van der Waals surface area contributed by atoms with Crippen molar-refractivity contribution in [2.24, 2.45) is 22.9 Å². The van der Waals surface area contributed by atoms with E-state index in [-0.39, 0.29) is 11.8 Å². The molecule has 0 bridgehead atoms. The van der Waals surface area contributed by atoms with E-state index in [2.05, 4.69) is 12.1 Å². The highest BCUT2D eigenvalue weighted by Crippen LogP contribution is 2.33. The molecule has 4 heteroatoms. The minimum absolute atomic E-state index is 0.189. The third-order valence-electron chi connectivity index (χ3n) is 4.32. The SMILES string of the molecule is CC1CN(C(=O)C2CCCC2C)CCC1=NO. The first-order chi connectivity index (χ1) is 8.13. The first-order valence-electron chi connectivity index (χ1n) is 6.63. The van der Waals surface area contributed by atoms with Gasteiger partial charge in [-0.05, 0) is 18.8 Å². The largest absolute Gasteiger partial charge is 0.411 e. The van der Waals surface area contributed by atoms with Crippen LogP contribution in [0.1, 0.15) is 39.5 Å². The van der Waals surface area contributed by atoms with Gasteiger partial charge in [0.1, 0.15) is 0 Å². The first kappa shape index (κ1) is 12.4. The van der Waals surface area contributed by atoms with Crippen LogP contribution in [0.15, 0.2) is 5.16 Å². The van der Waals surface area contributed by atoms with E-state index in [9.17, 15) is 4.79 Å². The summed E-state index contributed by atoms with van der Waals surface area (Å²) in [5.74, 6) is 1.27. The third-order valence-corrected chi connectivity index (χ3v) is 4.32. The number of rotatable bonds is 1. The molecule has 17 heavy (non-hydrogen) atoms. The fourth-order valence-corrected chi connectivity index (χ4v) is 3.12. The van der Waals surface area contributed by atoms with Gasteiger partial charge in [-0.15, -0.1) is 0 Å². The van der Waals surface area contributed by atoms with E-state index in [0.717, 1.165) is 12.1 Å². The monoisotopic (exact) mass is 238 g/mol. The smallest absolute Gasteiger partial charge is 0.225 e. The van der Waals surface area contributed by atoms with Crippen LogP contribution in [0.3, 0.4) is 0 Å². The maximum Gasteiger partial charge on any atom is 0.225 e. The lowest BCUT2D eigenvalue weighted by Crippen LogP contribution is -2.46. The van der Waals surface area contributed by atoms with Crippen LogP contribution in [0, 0.1) is 17.8 Å². The highest BCUT2D eigenvalue weighted by Gasteiger charge is 2.35. The molecular formula is C13H22N2O2. The first-order valence-corrected chi connectivity index (χ1v) is 6.63. The summed E-state index contributed by atoms with van der Waals surface area (Å²) in [5, 5.41) is 12.1. The van der Waals surface area contributed by atoms with Crippen molar-refractivity contribution in [1.29, 1.82) is 0 Å². The molecule has 0 aromatic heterocycles. The van der Waals surface area contributed by atoms with Crippen molar-refractivity contribution in [3.8, 4) is 0 Å². The molecule has 1 aliphatic heterocycles. The Labute approximate surface area is 103 Å². The summed E-state index contributed by atoms with van der Waals surface area (Å²) in [6.07, 6.45) is 4.13. The van der Waals surface area contributed by atoms with Crippen molar-refractivity contribution in [2.45, 2.75) is 39.5 Å². The van der Waals surface area contributed by atoms with Crippen LogP contribution in [-0.4, -0.2) is 34.8 Å². The van der Waals surface area contributed by atoms with Gasteiger partial charge in [0.2, 0.25) is 5.91 Å². The molecule has 0 aromatic carbocycles. The Bertz CT molecular complexity index is 327. The lowest BCUT2D eigenvalue weighted by molar-refractivity contribution is -0.137. The summed E-state index contributed by atoms with van der Waals surface area (Å²) in [6.45, 7) is 5.63. The van der Waals surface area contributed by atoms with Crippen LogP contribution >= 0.6 is 0 Å². The Hall–Kier alpha value is -1.06. The van der Waals surface area contributed by atoms with E-state index in [0.29, 0.717) is 31.3 Å². The molecule has 96 valence electrons. The number of carbonyl (C=O) groups is 1. The number of hydrogen-bond acceptors (Lipinski definition) is 3. The number of oxime groups is 1. The molecule has 1 saturated carbocycles. The van der Waals surface area contributed by atoms with Gasteiger partial charge in [0.05, 0.1) is 5.71 Å². The van der Waals surface area contributed by atoms with Gasteiger partial charge < -0.3 is 10.1 Å². The van der Waals surface area contributed by atoms with E-state index < -0.39 is 0 Å². The number of amides is 1. The molecule has 1 N–H and O–H groups in total. The average molecular weight is 238 g/mol. The normalized spacial score (nSPS) is 36.5. The van der Waals surface area contributed by atoms with Gasteiger partial charge in [-0.1, -0.05) is 25.4 Å². The van der Waals surface area contributed by atoms with Crippen LogP contribution < -0.4 is 0 Å². The summed E-state index contributed by atoms with van der Waals surface area (Å²) in [5.41, 5.74) is 0.827. The summed E-state index contributed by atoms with van der Waals surface area (Å²) < 4.78 is 0. The molecule has 1 amide bonds. The molecular weight excluding hydrogens is 216 g/mol. The second-order valence-electron chi connectivity index (χ2n) is 5.54. The quantitative estimate of drug-likeness (QED) is 0.562. The predicted molar refractivity (Wildman–Crippen MR) is 66.1 cm³/mol. The molecule has 1 saturated heterocycles. The zero-order chi connectivity index (χ0) is 12.4. The van der Waals surface area contributed by atoms with Crippen LogP contribution in [0.25, 0.3) is 0 Å². The number of piperidine rings is 1. The van der Waals surface area contributed by atoms with Gasteiger partial charge in [-0.25, -0.2) is 0 Å². The standard InChI is InChI=1S/C13H22N2O2/c1-9-4-3-5-11(9)13(16)15-7-6-12(14-17)10(2)8-15/h9-11,17H,3-8H2,1-2H3. The Morgan fingerprint density at radius 2 is 2.18 bits per heavy atom. The topological polar surface area (TPSA) is 52.9 Å². The fraction of sp³-hybridized carbons (Fsp3) is 0.846. The highest BCUT2D eigenvalue weighted by atomic mass is 16.4. The Kier molecular flexibility index (Phi) is 3.69. The summed E-state index contributed by atoms with van der Waals surface area (Å²) >= 11 is 0. The summed E-state index contributed by atoms with van der Waals surface area (Å²) in [7, 11) is 0. The number of nitrogens with zero attached hydrogens (tertiary/aromatic N) is 2. The lowest BCUT2D eigenvalue weighted by Gasteiger charge is -2.34. The average Bonchev–Trinajstić information content (AvgIpc) is 2.74. The Balaban J connectivity index is 1.97. The fourth-order valence-electron chi connectivity index (χ4n) is 3.12. The number of hydrogen-bond donors (Lipinski definition) is 1. The molecule has 1 aliphatic carbocycles. The van der Waals surface area contributed by atoms with E-state index in [1.165, 1.54) is 12.8 Å². The summed E-state index contributed by atoms with van der Waals surface area (Å²) in [4.78, 5) is 14.3.